The summed E-state index contributed by atoms with van der Waals surface area (Å²) in [4.78, 5) is 27.4. The molecule has 1 aliphatic rings. The summed E-state index contributed by atoms with van der Waals surface area (Å²) < 4.78 is 0. The lowest BCUT2D eigenvalue weighted by Crippen LogP contribution is -2.39. The molecule has 0 radical (unpaired) electrons. The van der Waals surface area contributed by atoms with Crippen LogP contribution in [0.3, 0.4) is 0 Å². The van der Waals surface area contributed by atoms with E-state index in [4.69, 9.17) is 0 Å². The van der Waals surface area contributed by atoms with Crippen LogP contribution in [0.15, 0.2) is 24.3 Å². The van der Waals surface area contributed by atoms with Crippen LogP contribution in [-0.2, 0) is 9.59 Å². The van der Waals surface area contributed by atoms with Crippen LogP contribution < -0.4 is 0 Å². The SMILES string of the molecule is Cc1cccc([C@@H]2S[C@H](C)C(=O)N2CC(=O)N(C)C)c1. The first-order valence-electron chi connectivity index (χ1n) is 6.63. The predicted octanol–water partition coefficient (Wildman–Crippen LogP) is 2.05. The molecular weight excluding hydrogens is 272 g/mol. The number of hydrogen-bond acceptors (Lipinski definition) is 3. The van der Waals surface area contributed by atoms with Gasteiger partial charge in [0.15, 0.2) is 0 Å². The van der Waals surface area contributed by atoms with E-state index in [-0.39, 0.29) is 29.0 Å². The van der Waals surface area contributed by atoms with Gasteiger partial charge in [-0.05, 0) is 19.4 Å². The molecule has 0 saturated carbocycles. The number of thioether (sulfide) groups is 1. The normalized spacial score (nSPS) is 22.2. The topological polar surface area (TPSA) is 40.6 Å². The van der Waals surface area contributed by atoms with E-state index in [0.29, 0.717) is 0 Å². The van der Waals surface area contributed by atoms with Gasteiger partial charge in [0.2, 0.25) is 11.8 Å². The smallest absolute Gasteiger partial charge is 0.241 e. The van der Waals surface area contributed by atoms with E-state index in [1.54, 1.807) is 30.8 Å². The van der Waals surface area contributed by atoms with E-state index in [2.05, 4.69) is 6.07 Å². The quantitative estimate of drug-likeness (QED) is 0.856. The molecule has 20 heavy (non-hydrogen) atoms. The minimum Gasteiger partial charge on any atom is -0.347 e. The summed E-state index contributed by atoms with van der Waals surface area (Å²) in [5, 5.41) is -0.170. The van der Waals surface area contributed by atoms with E-state index in [0.717, 1.165) is 11.1 Å². The Morgan fingerprint density at radius 2 is 2.10 bits per heavy atom. The van der Waals surface area contributed by atoms with Gasteiger partial charge in [0.05, 0.1) is 5.25 Å². The van der Waals surface area contributed by atoms with Crippen LogP contribution in [0.4, 0.5) is 0 Å². The molecule has 0 aromatic heterocycles. The highest BCUT2D eigenvalue weighted by Crippen LogP contribution is 2.42. The van der Waals surface area contributed by atoms with Crippen LogP contribution in [0.1, 0.15) is 23.4 Å². The molecule has 0 unspecified atom stereocenters. The van der Waals surface area contributed by atoms with Crippen molar-refractivity contribution in [1.82, 2.24) is 9.80 Å². The zero-order valence-electron chi connectivity index (χ0n) is 12.3. The van der Waals surface area contributed by atoms with E-state index < -0.39 is 0 Å². The van der Waals surface area contributed by atoms with E-state index >= 15 is 0 Å². The fraction of sp³-hybridized carbons (Fsp3) is 0.467. The standard InChI is InChI=1S/C15H20N2O2S/c1-10-6-5-7-12(8-10)15-17(9-13(18)16(3)4)14(19)11(2)20-15/h5-8,11,15H,9H2,1-4H3/t11-,15+/m1/s1. The molecule has 0 N–H and O–H groups in total. The molecule has 0 bridgehead atoms. The van der Waals surface area contributed by atoms with Gasteiger partial charge in [-0.25, -0.2) is 0 Å². The Morgan fingerprint density at radius 3 is 2.70 bits per heavy atom. The van der Waals surface area contributed by atoms with Crippen LogP contribution in [-0.4, -0.2) is 47.5 Å². The molecule has 0 spiro atoms. The van der Waals surface area contributed by atoms with E-state index in [1.165, 1.54) is 4.90 Å². The maximum atomic E-state index is 12.3. The van der Waals surface area contributed by atoms with Crippen molar-refractivity contribution < 1.29 is 9.59 Å². The average Bonchev–Trinajstić information content (AvgIpc) is 2.67. The molecule has 2 atom stereocenters. The van der Waals surface area contributed by atoms with Gasteiger partial charge in [-0.3, -0.25) is 9.59 Å². The third-order valence-corrected chi connectivity index (χ3v) is 4.77. The molecule has 1 aliphatic heterocycles. The first-order valence-corrected chi connectivity index (χ1v) is 7.57. The maximum Gasteiger partial charge on any atom is 0.241 e. The summed E-state index contributed by atoms with van der Waals surface area (Å²) in [7, 11) is 3.42. The Balaban J connectivity index is 2.26. The van der Waals surface area contributed by atoms with Gasteiger partial charge in [-0.1, -0.05) is 29.8 Å². The van der Waals surface area contributed by atoms with Crippen molar-refractivity contribution >= 4 is 23.6 Å². The molecule has 1 aromatic rings. The fourth-order valence-corrected chi connectivity index (χ4v) is 3.47. The molecular formula is C15H20N2O2S. The predicted molar refractivity (Wildman–Crippen MR) is 81.4 cm³/mol. The van der Waals surface area contributed by atoms with Crippen molar-refractivity contribution in [2.24, 2.45) is 0 Å². The van der Waals surface area contributed by atoms with Gasteiger partial charge in [0, 0.05) is 14.1 Å². The molecule has 1 aromatic carbocycles. The van der Waals surface area contributed by atoms with Gasteiger partial charge in [0.25, 0.3) is 0 Å². The Kier molecular flexibility index (Phi) is 4.38. The van der Waals surface area contributed by atoms with Gasteiger partial charge >= 0.3 is 0 Å². The summed E-state index contributed by atoms with van der Waals surface area (Å²) in [6, 6.07) is 8.12. The van der Waals surface area contributed by atoms with Gasteiger partial charge in [-0.2, -0.15) is 0 Å². The number of amides is 2. The molecule has 2 rings (SSSR count). The average molecular weight is 292 g/mol. The minimum atomic E-state index is -0.101. The van der Waals surface area contributed by atoms with Crippen LogP contribution in [0, 0.1) is 6.92 Å². The number of rotatable bonds is 3. The highest BCUT2D eigenvalue weighted by atomic mass is 32.2. The highest BCUT2D eigenvalue weighted by molar-refractivity contribution is 8.01. The summed E-state index contributed by atoms with van der Waals surface area (Å²) in [6.45, 7) is 4.07. The second kappa shape index (κ2) is 5.87. The lowest BCUT2D eigenvalue weighted by molar-refractivity contribution is -0.138. The molecule has 1 fully saturated rings. The Labute approximate surface area is 124 Å². The third-order valence-electron chi connectivity index (χ3n) is 3.38. The van der Waals surface area contributed by atoms with E-state index in [9.17, 15) is 9.59 Å². The fourth-order valence-electron chi connectivity index (χ4n) is 2.20. The van der Waals surface area contributed by atoms with Crippen molar-refractivity contribution in [3.63, 3.8) is 0 Å². The van der Waals surface area contributed by atoms with Crippen LogP contribution in [0.2, 0.25) is 0 Å². The monoisotopic (exact) mass is 292 g/mol. The summed E-state index contributed by atoms with van der Waals surface area (Å²) in [5.41, 5.74) is 2.24. The summed E-state index contributed by atoms with van der Waals surface area (Å²) >= 11 is 1.60. The second-order valence-electron chi connectivity index (χ2n) is 5.30. The first kappa shape index (κ1) is 14.9. The number of nitrogens with zero attached hydrogens (tertiary/aromatic N) is 2. The van der Waals surface area contributed by atoms with Crippen molar-refractivity contribution in [3.05, 3.63) is 35.4 Å². The second-order valence-corrected chi connectivity index (χ2v) is 6.72. The maximum absolute atomic E-state index is 12.3. The van der Waals surface area contributed by atoms with Crippen LogP contribution in [0.25, 0.3) is 0 Å². The molecule has 5 heteroatoms. The number of carbonyl (C=O) groups excluding carboxylic acids is 2. The number of aryl methyl sites for hydroxylation is 1. The van der Waals surface area contributed by atoms with Gasteiger partial charge in [-0.15, -0.1) is 11.8 Å². The Hall–Kier alpha value is -1.49. The molecule has 4 nitrogen and oxygen atoms in total. The number of benzene rings is 1. The molecule has 108 valence electrons. The highest BCUT2D eigenvalue weighted by Gasteiger charge is 2.39. The zero-order chi connectivity index (χ0) is 14.9. The van der Waals surface area contributed by atoms with E-state index in [1.807, 2.05) is 32.0 Å². The lowest BCUT2D eigenvalue weighted by atomic mass is 10.1. The molecule has 2 amide bonds. The molecule has 1 saturated heterocycles. The van der Waals surface area contributed by atoms with Crippen LogP contribution in [0.5, 0.6) is 0 Å². The largest absolute Gasteiger partial charge is 0.347 e. The number of likely N-dealkylation sites (N-methyl/N-ethyl adjacent to an activating group) is 1. The third kappa shape index (κ3) is 2.98. The first-order chi connectivity index (χ1) is 9.40. The Bertz CT molecular complexity index is 530. The minimum absolute atomic E-state index is 0.0386. The number of carbonyl (C=O) groups is 2. The van der Waals surface area contributed by atoms with Crippen LogP contribution >= 0.6 is 11.8 Å². The zero-order valence-corrected chi connectivity index (χ0v) is 13.1. The molecule has 0 aliphatic carbocycles. The number of hydrogen-bond donors (Lipinski definition) is 0. The van der Waals surface area contributed by atoms with Crippen molar-refractivity contribution in [1.29, 1.82) is 0 Å². The van der Waals surface area contributed by atoms with Crippen molar-refractivity contribution in [3.8, 4) is 0 Å². The van der Waals surface area contributed by atoms with Crippen molar-refractivity contribution in [2.45, 2.75) is 24.5 Å². The molecule has 1 heterocycles. The van der Waals surface area contributed by atoms with Gasteiger partial charge < -0.3 is 9.80 Å². The Morgan fingerprint density at radius 1 is 1.40 bits per heavy atom. The summed E-state index contributed by atoms with van der Waals surface area (Å²) in [5.74, 6) is -0.0117. The lowest BCUT2D eigenvalue weighted by Gasteiger charge is -2.25. The van der Waals surface area contributed by atoms with Gasteiger partial charge in [0.1, 0.15) is 11.9 Å². The van der Waals surface area contributed by atoms with Crippen molar-refractivity contribution in [2.75, 3.05) is 20.6 Å². The summed E-state index contributed by atoms with van der Waals surface area (Å²) in [6.07, 6.45) is 0.